The fourth-order valence-electron chi connectivity index (χ4n) is 4.24. The summed E-state index contributed by atoms with van der Waals surface area (Å²) in [4.78, 5) is 29.6. The molecule has 36 heavy (non-hydrogen) atoms. The van der Waals surface area contributed by atoms with E-state index in [9.17, 15) is 9.59 Å². The number of fused-ring (bicyclic) bond motifs is 1. The molecule has 0 bridgehead atoms. The molecule has 0 spiro atoms. The Hall–Kier alpha value is -4.52. The zero-order valence-electron chi connectivity index (χ0n) is 19.9. The third kappa shape index (κ3) is 5.41. The van der Waals surface area contributed by atoms with Gasteiger partial charge in [0.25, 0.3) is 5.56 Å². The van der Waals surface area contributed by atoms with Crippen LogP contribution in [0.2, 0.25) is 0 Å². The molecule has 0 saturated heterocycles. The molecule has 0 saturated carbocycles. The molecule has 0 fully saturated rings. The number of rotatable bonds is 9. The highest BCUT2D eigenvalue weighted by Gasteiger charge is 2.13. The van der Waals surface area contributed by atoms with Crippen LogP contribution in [0, 0.1) is 0 Å². The van der Waals surface area contributed by atoms with Gasteiger partial charge in [-0.2, -0.15) is 5.10 Å². The van der Waals surface area contributed by atoms with Gasteiger partial charge in [-0.25, -0.2) is 4.98 Å². The number of hydrogen-bond donors (Lipinski definition) is 1. The number of hydrogen-bond acceptors (Lipinski definition) is 4. The van der Waals surface area contributed by atoms with Gasteiger partial charge >= 0.3 is 0 Å². The van der Waals surface area contributed by atoms with Crippen LogP contribution in [0.1, 0.15) is 24.0 Å². The fraction of sp³-hybridized carbons (Fsp3) is 0.172. The van der Waals surface area contributed by atoms with Crippen molar-refractivity contribution in [3.8, 4) is 11.3 Å². The number of para-hydroxylation sites is 1. The van der Waals surface area contributed by atoms with E-state index in [1.807, 2.05) is 77.6 Å². The van der Waals surface area contributed by atoms with Gasteiger partial charge in [0.05, 0.1) is 29.5 Å². The van der Waals surface area contributed by atoms with Gasteiger partial charge in [0.15, 0.2) is 0 Å². The smallest absolute Gasteiger partial charge is 0.261 e. The summed E-state index contributed by atoms with van der Waals surface area (Å²) in [6.45, 7) is 1.48. The van der Waals surface area contributed by atoms with E-state index >= 15 is 0 Å². The highest BCUT2D eigenvalue weighted by atomic mass is 16.1. The lowest BCUT2D eigenvalue weighted by Crippen LogP contribution is -2.24. The zero-order valence-corrected chi connectivity index (χ0v) is 19.9. The van der Waals surface area contributed by atoms with Crippen molar-refractivity contribution in [2.45, 2.75) is 32.5 Å². The molecule has 0 unspecified atom stereocenters. The van der Waals surface area contributed by atoms with Crippen molar-refractivity contribution in [2.75, 3.05) is 0 Å². The quantitative estimate of drug-likeness (QED) is 0.341. The SMILES string of the molecule is O=C(CCCn1cnc2ccccc2c1=O)NCc1cn(Cc2ccccc2)nc1-c1ccccc1. The molecule has 3 aromatic carbocycles. The first kappa shape index (κ1) is 23.2. The lowest BCUT2D eigenvalue weighted by atomic mass is 10.1. The van der Waals surface area contributed by atoms with Gasteiger partial charge in [0, 0.05) is 36.8 Å². The van der Waals surface area contributed by atoms with Crippen LogP contribution in [0.3, 0.4) is 0 Å². The van der Waals surface area contributed by atoms with E-state index in [1.54, 1.807) is 17.0 Å². The van der Waals surface area contributed by atoms with Crippen molar-refractivity contribution in [1.29, 1.82) is 0 Å². The van der Waals surface area contributed by atoms with Gasteiger partial charge in [-0.15, -0.1) is 0 Å². The Morgan fingerprint density at radius 2 is 1.61 bits per heavy atom. The lowest BCUT2D eigenvalue weighted by molar-refractivity contribution is -0.121. The molecule has 0 aliphatic rings. The van der Waals surface area contributed by atoms with E-state index in [0.29, 0.717) is 43.4 Å². The van der Waals surface area contributed by atoms with Crippen molar-refractivity contribution >= 4 is 16.8 Å². The van der Waals surface area contributed by atoms with Crippen molar-refractivity contribution in [3.63, 3.8) is 0 Å². The second-order valence-corrected chi connectivity index (χ2v) is 8.69. The molecule has 0 aliphatic heterocycles. The number of aromatic nitrogens is 4. The first-order valence-electron chi connectivity index (χ1n) is 12.0. The third-order valence-electron chi connectivity index (χ3n) is 6.08. The summed E-state index contributed by atoms with van der Waals surface area (Å²) in [5, 5.41) is 8.42. The number of amides is 1. The summed E-state index contributed by atoms with van der Waals surface area (Å²) in [5.74, 6) is -0.0633. The number of aryl methyl sites for hydroxylation is 1. The molecule has 2 heterocycles. The molecule has 0 atom stereocenters. The summed E-state index contributed by atoms with van der Waals surface area (Å²) in [7, 11) is 0. The molecule has 1 amide bonds. The maximum atomic E-state index is 12.6. The predicted octanol–water partition coefficient (Wildman–Crippen LogP) is 4.40. The van der Waals surface area contributed by atoms with Gasteiger partial charge in [0.2, 0.25) is 5.91 Å². The molecular formula is C29H27N5O2. The Kier molecular flexibility index (Phi) is 6.98. The van der Waals surface area contributed by atoms with Crippen molar-refractivity contribution < 1.29 is 4.79 Å². The predicted molar refractivity (Wildman–Crippen MR) is 140 cm³/mol. The molecule has 7 heteroatoms. The van der Waals surface area contributed by atoms with Crippen molar-refractivity contribution in [1.82, 2.24) is 24.6 Å². The molecular weight excluding hydrogens is 450 g/mol. The number of nitrogens with zero attached hydrogens (tertiary/aromatic N) is 4. The van der Waals surface area contributed by atoms with Crippen molar-refractivity contribution in [3.05, 3.63) is 119 Å². The van der Waals surface area contributed by atoms with Gasteiger partial charge in [-0.1, -0.05) is 72.8 Å². The Morgan fingerprint density at radius 3 is 2.42 bits per heavy atom. The lowest BCUT2D eigenvalue weighted by Gasteiger charge is -2.08. The molecule has 0 aliphatic carbocycles. The van der Waals surface area contributed by atoms with E-state index in [1.165, 1.54) is 0 Å². The van der Waals surface area contributed by atoms with Crippen LogP contribution in [0.25, 0.3) is 22.2 Å². The minimum absolute atomic E-state index is 0.0633. The molecule has 2 aromatic heterocycles. The molecule has 1 N–H and O–H groups in total. The molecule has 7 nitrogen and oxygen atoms in total. The molecule has 180 valence electrons. The summed E-state index contributed by atoms with van der Waals surface area (Å²) in [6, 6.07) is 27.4. The molecule has 5 aromatic rings. The standard InChI is InChI=1S/C29H27N5O2/c35-27(16-9-17-33-21-31-26-15-8-7-14-25(26)29(33)36)30-18-24-20-34(19-22-10-3-1-4-11-22)32-28(24)23-12-5-2-6-13-23/h1-8,10-15,20-21H,9,16-19H2,(H,30,35). The third-order valence-corrected chi connectivity index (χ3v) is 6.08. The first-order chi connectivity index (χ1) is 17.7. The van der Waals surface area contributed by atoms with Gasteiger partial charge in [-0.3, -0.25) is 18.8 Å². The number of carbonyl (C=O) groups excluding carboxylic acids is 1. The van der Waals surface area contributed by atoms with Crippen LogP contribution in [-0.2, 0) is 24.4 Å². The van der Waals surface area contributed by atoms with Gasteiger partial charge in [-0.05, 0) is 24.1 Å². The topological polar surface area (TPSA) is 81.8 Å². The second-order valence-electron chi connectivity index (χ2n) is 8.69. The zero-order chi connectivity index (χ0) is 24.7. The highest BCUT2D eigenvalue weighted by Crippen LogP contribution is 2.22. The number of carbonyl (C=O) groups is 1. The highest BCUT2D eigenvalue weighted by molar-refractivity contribution is 5.77. The van der Waals surface area contributed by atoms with Crippen LogP contribution in [0.15, 0.2) is 102 Å². The van der Waals surface area contributed by atoms with E-state index in [2.05, 4.69) is 22.4 Å². The van der Waals surface area contributed by atoms with Crippen LogP contribution in [0.5, 0.6) is 0 Å². The maximum absolute atomic E-state index is 12.6. The average molecular weight is 478 g/mol. The molecule has 5 rings (SSSR count). The summed E-state index contributed by atoms with van der Waals surface area (Å²) >= 11 is 0. The average Bonchev–Trinajstić information content (AvgIpc) is 3.32. The Morgan fingerprint density at radius 1 is 0.889 bits per heavy atom. The number of benzene rings is 3. The van der Waals surface area contributed by atoms with Crippen LogP contribution >= 0.6 is 0 Å². The Labute approximate surface area is 209 Å². The number of nitrogens with one attached hydrogen (secondary N) is 1. The van der Waals surface area contributed by atoms with Crippen LogP contribution in [0.4, 0.5) is 0 Å². The molecule has 0 radical (unpaired) electrons. The van der Waals surface area contributed by atoms with E-state index in [4.69, 9.17) is 5.10 Å². The largest absolute Gasteiger partial charge is 0.352 e. The van der Waals surface area contributed by atoms with Gasteiger partial charge < -0.3 is 5.32 Å². The van der Waals surface area contributed by atoms with Crippen molar-refractivity contribution in [2.24, 2.45) is 0 Å². The summed E-state index contributed by atoms with van der Waals surface area (Å²) in [6.07, 6.45) is 4.41. The monoisotopic (exact) mass is 477 g/mol. The fourth-order valence-corrected chi connectivity index (χ4v) is 4.24. The van der Waals surface area contributed by atoms with Crippen LogP contribution in [-0.4, -0.2) is 25.2 Å². The van der Waals surface area contributed by atoms with Crippen LogP contribution < -0.4 is 10.9 Å². The van der Waals surface area contributed by atoms with Gasteiger partial charge in [0.1, 0.15) is 0 Å². The second kappa shape index (κ2) is 10.8. The maximum Gasteiger partial charge on any atom is 0.261 e. The first-order valence-corrected chi connectivity index (χ1v) is 12.0. The summed E-state index contributed by atoms with van der Waals surface area (Å²) < 4.78 is 3.48. The summed E-state index contributed by atoms with van der Waals surface area (Å²) in [5.41, 5.74) is 4.59. The normalized spacial score (nSPS) is 11.0. The van der Waals surface area contributed by atoms with E-state index in [-0.39, 0.29) is 11.5 Å². The van der Waals surface area contributed by atoms with E-state index < -0.39 is 0 Å². The van der Waals surface area contributed by atoms with E-state index in [0.717, 1.165) is 22.4 Å². The Bertz CT molecular complexity index is 1520. The minimum atomic E-state index is -0.0839. The minimum Gasteiger partial charge on any atom is -0.352 e. The Balaban J connectivity index is 1.22.